The number of carbonyl (C=O) groups is 2. The van der Waals surface area contributed by atoms with Crippen molar-refractivity contribution >= 4 is 29.3 Å². The van der Waals surface area contributed by atoms with E-state index in [1.54, 1.807) is 17.0 Å². The summed E-state index contributed by atoms with van der Waals surface area (Å²) in [7, 11) is 0. The SMILES string of the molecule is O=C(O)/C=C/c1ccc(C(=O)N(CCO)C2CC2)s1. The van der Waals surface area contributed by atoms with Crippen molar-refractivity contribution in [1.82, 2.24) is 4.90 Å². The number of amides is 1. The molecule has 19 heavy (non-hydrogen) atoms. The zero-order valence-corrected chi connectivity index (χ0v) is 11.1. The van der Waals surface area contributed by atoms with Crippen LogP contribution in [0.4, 0.5) is 0 Å². The summed E-state index contributed by atoms with van der Waals surface area (Å²) in [4.78, 5) is 25.7. The van der Waals surface area contributed by atoms with Gasteiger partial charge in [-0.2, -0.15) is 0 Å². The minimum atomic E-state index is -1.01. The fourth-order valence-corrected chi connectivity index (χ4v) is 2.66. The second kappa shape index (κ2) is 5.99. The van der Waals surface area contributed by atoms with Gasteiger partial charge in [0.15, 0.2) is 0 Å². The molecule has 1 aliphatic carbocycles. The molecule has 102 valence electrons. The van der Waals surface area contributed by atoms with E-state index in [1.807, 2.05) is 0 Å². The Kier molecular flexibility index (Phi) is 4.34. The number of thiophene rings is 1. The average Bonchev–Trinajstić information content (AvgIpc) is 3.10. The van der Waals surface area contributed by atoms with E-state index in [-0.39, 0.29) is 18.6 Å². The molecule has 0 saturated heterocycles. The number of hydrogen-bond acceptors (Lipinski definition) is 4. The Morgan fingerprint density at radius 2 is 2.16 bits per heavy atom. The summed E-state index contributed by atoms with van der Waals surface area (Å²) < 4.78 is 0. The highest BCUT2D eigenvalue weighted by Gasteiger charge is 2.33. The first-order valence-electron chi connectivity index (χ1n) is 6.04. The minimum absolute atomic E-state index is 0.0423. The van der Waals surface area contributed by atoms with E-state index in [2.05, 4.69) is 0 Å². The van der Waals surface area contributed by atoms with E-state index in [0.717, 1.165) is 23.8 Å². The highest BCUT2D eigenvalue weighted by atomic mass is 32.1. The lowest BCUT2D eigenvalue weighted by Crippen LogP contribution is -2.34. The van der Waals surface area contributed by atoms with Gasteiger partial charge in [0.2, 0.25) is 0 Å². The Morgan fingerprint density at radius 3 is 2.74 bits per heavy atom. The standard InChI is InChI=1S/C13H15NO4S/c15-8-7-14(9-1-2-9)13(18)11-5-3-10(19-11)4-6-12(16)17/h3-6,9,15H,1-2,7-8H2,(H,16,17)/b6-4+. The Morgan fingerprint density at radius 1 is 1.42 bits per heavy atom. The first-order valence-corrected chi connectivity index (χ1v) is 6.86. The molecule has 1 aromatic rings. The predicted octanol–water partition coefficient (Wildman–Crippen LogP) is 1.44. The van der Waals surface area contributed by atoms with Crippen molar-refractivity contribution in [3.8, 4) is 0 Å². The number of aliphatic hydroxyl groups excluding tert-OH is 1. The molecule has 1 aromatic heterocycles. The molecular formula is C13H15NO4S. The third-order valence-electron chi connectivity index (χ3n) is 2.82. The molecule has 0 aliphatic heterocycles. The molecule has 5 nitrogen and oxygen atoms in total. The number of hydrogen-bond donors (Lipinski definition) is 2. The Balaban J connectivity index is 2.08. The van der Waals surface area contributed by atoms with Crippen molar-refractivity contribution in [2.45, 2.75) is 18.9 Å². The fourth-order valence-electron chi connectivity index (χ4n) is 1.80. The lowest BCUT2D eigenvalue weighted by molar-refractivity contribution is -0.131. The second-order valence-electron chi connectivity index (χ2n) is 4.33. The maximum absolute atomic E-state index is 12.3. The largest absolute Gasteiger partial charge is 0.478 e. The molecule has 2 N–H and O–H groups in total. The molecule has 6 heteroatoms. The summed E-state index contributed by atoms with van der Waals surface area (Å²) >= 11 is 1.26. The van der Waals surface area contributed by atoms with Gasteiger partial charge in [0.25, 0.3) is 5.91 Å². The van der Waals surface area contributed by atoms with Crippen LogP contribution >= 0.6 is 11.3 Å². The number of carbonyl (C=O) groups excluding carboxylic acids is 1. The number of carboxylic acid groups (broad SMARTS) is 1. The van der Waals surface area contributed by atoms with E-state index in [4.69, 9.17) is 10.2 Å². The van der Waals surface area contributed by atoms with Crippen LogP contribution in [0.1, 0.15) is 27.4 Å². The maximum Gasteiger partial charge on any atom is 0.328 e. The molecule has 0 spiro atoms. The molecular weight excluding hydrogens is 266 g/mol. The van der Waals surface area contributed by atoms with Gasteiger partial charge in [-0.3, -0.25) is 4.79 Å². The highest BCUT2D eigenvalue weighted by molar-refractivity contribution is 7.14. The van der Waals surface area contributed by atoms with Gasteiger partial charge >= 0.3 is 5.97 Å². The highest BCUT2D eigenvalue weighted by Crippen LogP contribution is 2.29. The Hall–Kier alpha value is -1.66. The van der Waals surface area contributed by atoms with Gasteiger partial charge in [-0.05, 0) is 31.1 Å². The van der Waals surface area contributed by atoms with Crippen LogP contribution in [-0.4, -0.2) is 46.2 Å². The summed E-state index contributed by atoms with van der Waals surface area (Å²) in [6, 6.07) is 3.67. The monoisotopic (exact) mass is 281 g/mol. The maximum atomic E-state index is 12.3. The summed E-state index contributed by atoms with van der Waals surface area (Å²) in [6.07, 6.45) is 4.50. The number of aliphatic hydroxyl groups is 1. The number of rotatable bonds is 6. The van der Waals surface area contributed by atoms with Gasteiger partial charge in [-0.15, -0.1) is 11.3 Å². The van der Waals surface area contributed by atoms with E-state index in [0.29, 0.717) is 11.4 Å². The topological polar surface area (TPSA) is 77.8 Å². The second-order valence-corrected chi connectivity index (χ2v) is 5.44. The zero-order valence-electron chi connectivity index (χ0n) is 10.3. The average molecular weight is 281 g/mol. The van der Waals surface area contributed by atoms with Crippen LogP contribution in [0.3, 0.4) is 0 Å². The molecule has 1 aliphatic rings. The number of carboxylic acids is 1. The van der Waals surface area contributed by atoms with Crippen LogP contribution in [-0.2, 0) is 4.79 Å². The first kappa shape index (κ1) is 13.8. The van der Waals surface area contributed by atoms with Crippen LogP contribution in [0.5, 0.6) is 0 Å². The zero-order chi connectivity index (χ0) is 13.8. The third-order valence-corrected chi connectivity index (χ3v) is 3.86. The van der Waals surface area contributed by atoms with E-state index in [1.165, 1.54) is 17.4 Å². The van der Waals surface area contributed by atoms with Crippen molar-refractivity contribution in [1.29, 1.82) is 0 Å². The molecule has 0 radical (unpaired) electrons. The van der Waals surface area contributed by atoms with Gasteiger partial charge in [0, 0.05) is 23.5 Å². The molecule has 0 atom stereocenters. The lowest BCUT2D eigenvalue weighted by atomic mass is 10.3. The summed E-state index contributed by atoms with van der Waals surface area (Å²) in [5.41, 5.74) is 0. The van der Waals surface area contributed by atoms with E-state index < -0.39 is 5.97 Å². The van der Waals surface area contributed by atoms with E-state index in [9.17, 15) is 9.59 Å². The molecule has 1 fully saturated rings. The van der Waals surface area contributed by atoms with Gasteiger partial charge in [-0.1, -0.05) is 0 Å². The Labute approximate surface area is 114 Å². The van der Waals surface area contributed by atoms with Crippen LogP contribution in [0, 0.1) is 0 Å². The van der Waals surface area contributed by atoms with Gasteiger partial charge in [0.05, 0.1) is 11.5 Å². The van der Waals surface area contributed by atoms with Crippen molar-refractivity contribution < 1.29 is 19.8 Å². The van der Waals surface area contributed by atoms with Gasteiger partial charge in [-0.25, -0.2) is 4.79 Å². The fraction of sp³-hybridized carbons (Fsp3) is 0.385. The van der Waals surface area contributed by atoms with E-state index >= 15 is 0 Å². The van der Waals surface area contributed by atoms with Crippen LogP contribution in [0.2, 0.25) is 0 Å². The normalized spacial score (nSPS) is 14.8. The summed E-state index contributed by atoms with van der Waals surface area (Å²) in [5, 5.41) is 17.5. The van der Waals surface area contributed by atoms with Crippen LogP contribution in [0.25, 0.3) is 6.08 Å². The summed E-state index contributed by atoms with van der Waals surface area (Å²) in [5.74, 6) is -1.10. The van der Waals surface area contributed by atoms with Crippen molar-refractivity contribution in [2.75, 3.05) is 13.2 Å². The van der Waals surface area contributed by atoms with Crippen LogP contribution in [0.15, 0.2) is 18.2 Å². The number of aliphatic carboxylic acids is 1. The Bertz CT molecular complexity index is 504. The first-order chi connectivity index (χ1) is 9.11. The van der Waals surface area contributed by atoms with Crippen molar-refractivity contribution in [3.05, 3.63) is 28.0 Å². The van der Waals surface area contributed by atoms with Gasteiger partial charge < -0.3 is 15.1 Å². The summed E-state index contributed by atoms with van der Waals surface area (Å²) in [6.45, 7) is 0.307. The minimum Gasteiger partial charge on any atom is -0.478 e. The number of nitrogens with zero attached hydrogens (tertiary/aromatic N) is 1. The molecule has 0 bridgehead atoms. The van der Waals surface area contributed by atoms with Crippen molar-refractivity contribution in [2.24, 2.45) is 0 Å². The lowest BCUT2D eigenvalue weighted by Gasteiger charge is -2.20. The third kappa shape index (κ3) is 3.65. The molecule has 1 amide bonds. The van der Waals surface area contributed by atoms with Gasteiger partial charge in [0.1, 0.15) is 0 Å². The predicted molar refractivity (Wildman–Crippen MR) is 72.1 cm³/mol. The molecule has 2 rings (SSSR count). The quantitative estimate of drug-likeness (QED) is 0.773. The molecule has 0 unspecified atom stereocenters. The van der Waals surface area contributed by atoms with Crippen molar-refractivity contribution in [3.63, 3.8) is 0 Å². The molecule has 1 heterocycles. The van der Waals surface area contributed by atoms with Crippen LogP contribution < -0.4 is 0 Å². The molecule has 0 aromatic carbocycles. The molecule has 1 saturated carbocycles. The smallest absolute Gasteiger partial charge is 0.328 e.